The summed E-state index contributed by atoms with van der Waals surface area (Å²) in [6.45, 7) is 10.4. The number of para-hydroxylation sites is 2. The summed E-state index contributed by atoms with van der Waals surface area (Å²) in [6, 6.07) is 18.5. The predicted octanol–water partition coefficient (Wildman–Crippen LogP) is 8.25. The van der Waals surface area contributed by atoms with Crippen molar-refractivity contribution in [3.63, 3.8) is 0 Å². The molecule has 1 aliphatic rings. The van der Waals surface area contributed by atoms with Gasteiger partial charge in [0.25, 0.3) is 0 Å². The molecule has 1 saturated carbocycles. The molecule has 2 amide bonds. The molecule has 0 saturated heterocycles. The third-order valence-electron chi connectivity index (χ3n) is 9.11. The molecule has 4 unspecified atom stereocenters. The molecule has 0 aliphatic heterocycles. The van der Waals surface area contributed by atoms with Crippen LogP contribution in [0, 0.1) is 11.8 Å². The van der Waals surface area contributed by atoms with Crippen LogP contribution in [0.5, 0.6) is 11.5 Å². The van der Waals surface area contributed by atoms with Crippen LogP contribution in [0.2, 0.25) is 0 Å². The van der Waals surface area contributed by atoms with E-state index in [2.05, 4.69) is 33.5 Å². The third-order valence-corrected chi connectivity index (χ3v) is 9.69. The molecule has 9 heteroatoms. The number of nitrogens with one attached hydrogen (secondary N) is 2. The Morgan fingerprint density at radius 2 is 1.48 bits per heavy atom. The molecular weight excluding hydrogens is 672 g/mol. The van der Waals surface area contributed by atoms with Gasteiger partial charge in [0.15, 0.2) is 11.5 Å². The SMILES string of the molecule is CCCCCCOc1c(Br)cc(C2C(C(=O)Nc3ccccc3CC)C(=O)CC(C)(O)C2C(=O)Nc2ccccc2CC)cc1OCC. The van der Waals surface area contributed by atoms with E-state index in [0.29, 0.717) is 59.0 Å². The average molecular weight is 722 g/mol. The van der Waals surface area contributed by atoms with Crippen molar-refractivity contribution in [3.8, 4) is 11.5 Å². The van der Waals surface area contributed by atoms with Gasteiger partial charge in [0, 0.05) is 23.7 Å². The number of aryl methyl sites for hydroxylation is 2. The summed E-state index contributed by atoms with van der Waals surface area (Å²) in [4.78, 5) is 42.6. The largest absolute Gasteiger partial charge is 0.490 e. The van der Waals surface area contributed by atoms with Crippen LogP contribution < -0.4 is 20.1 Å². The van der Waals surface area contributed by atoms with Crippen LogP contribution in [0.25, 0.3) is 0 Å². The van der Waals surface area contributed by atoms with Gasteiger partial charge in [0.05, 0.1) is 29.2 Å². The van der Waals surface area contributed by atoms with E-state index < -0.39 is 41.0 Å². The lowest BCUT2D eigenvalue weighted by molar-refractivity contribution is -0.150. The number of Topliss-reactive ketones (excluding diaryl/α,β-unsaturated/α-hetero) is 1. The number of carbonyl (C=O) groups is 3. The average Bonchev–Trinajstić information content (AvgIpc) is 3.05. The molecule has 4 rings (SSSR count). The first kappa shape index (κ1) is 37.1. The number of rotatable bonds is 15. The van der Waals surface area contributed by atoms with Crippen LogP contribution >= 0.6 is 15.9 Å². The van der Waals surface area contributed by atoms with E-state index in [1.165, 1.54) is 6.92 Å². The van der Waals surface area contributed by atoms with Gasteiger partial charge in [-0.2, -0.15) is 0 Å². The van der Waals surface area contributed by atoms with Crippen molar-refractivity contribution in [1.29, 1.82) is 0 Å². The van der Waals surface area contributed by atoms with Gasteiger partial charge in [0.1, 0.15) is 11.7 Å². The quantitative estimate of drug-likeness (QED) is 0.108. The van der Waals surface area contributed by atoms with Gasteiger partial charge >= 0.3 is 0 Å². The number of hydrogen-bond acceptors (Lipinski definition) is 6. The summed E-state index contributed by atoms with van der Waals surface area (Å²) >= 11 is 3.67. The van der Waals surface area contributed by atoms with Gasteiger partial charge in [0.2, 0.25) is 11.8 Å². The fraction of sp³-hybridized carbons (Fsp3) is 0.462. The fourth-order valence-corrected chi connectivity index (χ4v) is 7.27. The molecule has 3 N–H and O–H groups in total. The minimum atomic E-state index is -1.75. The smallest absolute Gasteiger partial charge is 0.235 e. The number of benzene rings is 3. The lowest BCUT2D eigenvalue weighted by Crippen LogP contribution is -2.56. The molecule has 8 nitrogen and oxygen atoms in total. The number of anilines is 2. The molecule has 48 heavy (non-hydrogen) atoms. The van der Waals surface area contributed by atoms with Crippen LogP contribution in [0.3, 0.4) is 0 Å². The van der Waals surface area contributed by atoms with Crippen LogP contribution in [0.15, 0.2) is 65.1 Å². The maximum atomic E-state index is 14.4. The van der Waals surface area contributed by atoms with Crippen molar-refractivity contribution in [2.45, 2.75) is 91.1 Å². The minimum absolute atomic E-state index is 0.346. The Balaban J connectivity index is 1.84. The van der Waals surface area contributed by atoms with Gasteiger partial charge in [-0.3, -0.25) is 14.4 Å². The number of halogens is 1. The van der Waals surface area contributed by atoms with Crippen LogP contribution in [-0.4, -0.2) is 41.5 Å². The van der Waals surface area contributed by atoms with Gasteiger partial charge in [-0.05, 0) is 90.0 Å². The van der Waals surface area contributed by atoms with Crippen molar-refractivity contribution in [2.75, 3.05) is 23.8 Å². The van der Waals surface area contributed by atoms with Gasteiger partial charge < -0.3 is 25.2 Å². The first-order chi connectivity index (χ1) is 23.1. The molecule has 0 aromatic heterocycles. The van der Waals surface area contributed by atoms with E-state index in [1.807, 2.05) is 63.2 Å². The molecule has 0 bridgehead atoms. The highest BCUT2D eigenvalue weighted by Crippen LogP contribution is 2.49. The van der Waals surface area contributed by atoms with Gasteiger partial charge in [-0.25, -0.2) is 0 Å². The second-order valence-electron chi connectivity index (χ2n) is 12.7. The summed E-state index contributed by atoms with van der Waals surface area (Å²) in [5.74, 6) is -3.97. The number of aliphatic hydroxyl groups is 1. The molecule has 0 radical (unpaired) electrons. The fourth-order valence-electron chi connectivity index (χ4n) is 6.70. The molecule has 4 atom stereocenters. The number of ketones is 1. The second-order valence-corrected chi connectivity index (χ2v) is 13.5. The van der Waals surface area contributed by atoms with E-state index in [1.54, 1.807) is 18.2 Å². The molecule has 0 heterocycles. The van der Waals surface area contributed by atoms with E-state index in [0.717, 1.165) is 36.8 Å². The summed E-state index contributed by atoms with van der Waals surface area (Å²) in [7, 11) is 0. The molecule has 1 aliphatic carbocycles. The normalized spacial score (nSPS) is 20.6. The number of unbranched alkanes of at least 4 members (excludes halogenated alkanes) is 3. The maximum absolute atomic E-state index is 14.4. The Hall–Kier alpha value is -3.69. The van der Waals surface area contributed by atoms with E-state index in [9.17, 15) is 19.5 Å². The topological polar surface area (TPSA) is 114 Å². The Morgan fingerprint density at radius 1 is 0.875 bits per heavy atom. The van der Waals surface area contributed by atoms with Crippen molar-refractivity contribution >= 4 is 44.9 Å². The predicted molar refractivity (Wildman–Crippen MR) is 194 cm³/mol. The first-order valence-electron chi connectivity index (χ1n) is 17.2. The number of ether oxygens (including phenoxy) is 2. The van der Waals surface area contributed by atoms with E-state index in [4.69, 9.17) is 9.47 Å². The Kier molecular flexibility index (Phi) is 13.2. The molecule has 1 fully saturated rings. The summed E-state index contributed by atoms with van der Waals surface area (Å²) < 4.78 is 12.8. The lowest BCUT2D eigenvalue weighted by atomic mass is 9.61. The number of amides is 2. The van der Waals surface area contributed by atoms with Crippen molar-refractivity contribution in [1.82, 2.24) is 0 Å². The second kappa shape index (κ2) is 17.1. The molecule has 0 spiro atoms. The first-order valence-corrected chi connectivity index (χ1v) is 18.0. The number of carbonyl (C=O) groups excluding carboxylic acids is 3. The number of hydrogen-bond donors (Lipinski definition) is 3. The molecule has 3 aromatic carbocycles. The van der Waals surface area contributed by atoms with Crippen LogP contribution in [0.1, 0.15) is 89.3 Å². The Bertz CT molecular complexity index is 1590. The standard InChI is InChI=1S/C39H49BrN2O6/c1-6-10-11-16-21-48-36-28(40)22-27(23-32(36)47-9-4)33-34(37(44)41-29-19-14-12-17-25(29)7-2)31(43)24-39(5,46)35(33)38(45)42-30-20-15-13-18-26(30)8-3/h12-15,17-20,22-23,33-35,46H,6-11,16,21,24H2,1-5H3,(H,41,44)(H,42,45). The van der Waals surface area contributed by atoms with Crippen LogP contribution in [-0.2, 0) is 27.2 Å². The molecule has 3 aromatic rings. The van der Waals surface area contributed by atoms with Crippen molar-refractivity contribution < 1.29 is 29.0 Å². The zero-order chi connectivity index (χ0) is 34.8. The Morgan fingerprint density at radius 3 is 2.06 bits per heavy atom. The lowest BCUT2D eigenvalue weighted by Gasteiger charge is -2.44. The zero-order valence-corrected chi connectivity index (χ0v) is 30.3. The maximum Gasteiger partial charge on any atom is 0.235 e. The molecular formula is C39H49BrN2O6. The molecule has 258 valence electrons. The zero-order valence-electron chi connectivity index (χ0n) is 28.7. The van der Waals surface area contributed by atoms with Gasteiger partial charge in [-0.15, -0.1) is 0 Å². The van der Waals surface area contributed by atoms with Crippen molar-refractivity contribution in [3.05, 3.63) is 81.8 Å². The highest BCUT2D eigenvalue weighted by molar-refractivity contribution is 9.10. The van der Waals surface area contributed by atoms with Crippen molar-refractivity contribution in [2.24, 2.45) is 11.8 Å². The van der Waals surface area contributed by atoms with Gasteiger partial charge in [-0.1, -0.05) is 76.4 Å². The third kappa shape index (κ3) is 8.66. The monoisotopic (exact) mass is 720 g/mol. The summed E-state index contributed by atoms with van der Waals surface area (Å²) in [5, 5.41) is 17.9. The minimum Gasteiger partial charge on any atom is -0.490 e. The van der Waals surface area contributed by atoms with E-state index in [-0.39, 0.29) is 6.42 Å². The summed E-state index contributed by atoms with van der Waals surface area (Å²) in [6.07, 6.45) is 5.18. The van der Waals surface area contributed by atoms with Crippen LogP contribution in [0.4, 0.5) is 11.4 Å². The van der Waals surface area contributed by atoms with E-state index >= 15 is 0 Å². The Labute approximate surface area is 293 Å². The highest BCUT2D eigenvalue weighted by Gasteiger charge is 2.56. The summed E-state index contributed by atoms with van der Waals surface area (Å²) in [5.41, 5.74) is 1.83. The highest BCUT2D eigenvalue weighted by atomic mass is 79.9.